The number of fused-ring (bicyclic) bond motifs is 3. The van der Waals surface area contributed by atoms with Gasteiger partial charge in [0.15, 0.2) is 0 Å². The molecule has 0 aliphatic heterocycles. The molecule has 4 rings (SSSR count). The number of nitrogens with one attached hydrogen (secondary N) is 2. The number of pyridine rings is 1. The quantitative estimate of drug-likeness (QED) is 0.357. The molecule has 2 heterocycles. The van der Waals surface area contributed by atoms with Crippen LogP contribution in [0.2, 0.25) is 10.0 Å². The van der Waals surface area contributed by atoms with E-state index < -0.39 is 0 Å². The highest BCUT2D eigenvalue weighted by Crippen LogP contribution is 2.34. The van der Waals surface area contributed by atoms with E-state index in [4.69, 9.17) is 23.2 Å². The third kappa shape index (κ3) is 4.26. The van der Waals surface area contributed by atoms with Crippen molar-refractivity contribution in [3.63, 3.8) is 0 Å². The number of halogens is 2. The summed E-state index contributed by atoms with van der Waals surface area (Å²) in [6, 6.07) is 11.1. The van der Waals surface area contributed by atoms with Gasteiger partial charge in [-0.25, -0.2) is 4.98 Å². The number of nitrogens with zero attached hydrogens (tertiary/aromatic N) is 3. The Labute approximate surface area is 196 Å². The molecule has 8 heteroatoms. The van der Waals surface area contributed by atoms with Crippen LogP contribution in [0.15, 0.2) is 47.3 Å². The molecule has 2 aromatic carbocycles. The van der Waals surface area contributed by atoms with E-state index in [9.17, 15) is 4.79 Å². The van der Waals surface area contributed by atoms with E-state index in [-0.39, 0.29) is 5.56 Å². The van der Waals surface area contributed by atoms with Crippen molar-refractivity contribution in [2.24, 2.45) is 7.05 Å². The molecule has 0 aliphatic rings. The van der Waals surface area contributed by atoms with Crippen molar-refractivity contribution in [3.05, 3.63) is 68.6 Å². The number of H-pyrrole nitrogens is 1. The molecule has 0 amide bonds. The Kier molecular flexibility index (Phi) is 6.55. The SMILES string of the molecule is CCN(CC)C/C=C/c1cc2ccc3nc(Nc4c(Cl)cccc4Cl)n(C)c3c2c(=O)[nH]1. The van der Waals surface area contributed by atoms with Crippen LogP contribution in [0.4, 0.5) is 11.6 Å². The van der Waals surface area contributed by atoms with Gasteiger partial charge in [-0.05, 0) is 48.8 Å². The van der Waals surface area contributed by atoms with E-state index in [1.165, 1.54) is 0 Å². The second-order valence-electron chi connectivity index (χ2n) is 7.56. The zero-order chi connectivity index (χ0) is 22.8. The first kappa shape index (κ1) is 22.4. The number of hydrogen-bond donors (Lipinski definition) is 2. The molecule has 0 radical (unpaired) electrons. The van der Waals surface area contributed by atoms with E-state index in [0.717, 1.165) is 36.2 Å². The Hall–Kier alpha value is -2.80. The van der Waals surface area contributed by atoms with Crippen molar-refractivity contribution in [2.75, 3.05) is 25.0 Å². The number of hydrogen-bond acceptors (Lipinski definition) is 4. The predicted molar refractivity (Wildman–Crippen MR) is 135 cm³/mol. The summed E-state index contributed by atoms with van der Waals surface area (Å²) >= 11 is 12.6. The first-order chi connectivity index (χ1) is 15.4. The molecule has 0 saturated heterocycles. The van der Waals surface area contributed by atoms with Crippen LogP contribution in [0, 0.1) is 0 Å². The molecule has 0 saturated carbocycles. The van der Waals surface area contributed by atoms with E-state index in [1.807, 2.05) is 35.9 Å². The van der Waals surface area contributed by atoms with E-state index >= 15 is 0 Å². The molecular formula is C24H25Cl2N5O. The third-order valence-electron chi connectivity index (χ3n) is 5.62. The fourth-order valence-corrected chi connectivity index (χ4v) is 4.31. The monoisotopic (exact) mass is 469 g/mol. The number of aromatic nitrogens is 3. The molecule has 0 unspecified atom stereocenters. The lowest BCUT2D eigenvalue weighted by Crippen LogP contribution is -2.22. The van der Waals surface area contributed by atoms with E-state index in [0.29, 0.717) is 32.6 Å². The lowest BCUT2D eigenvalue weighted by Gasteiger charge is -2.14. The summed E-state index contributed by atoms with van der Waals surface area (Å²) in [5.74, 6) is 0.546. The van der Waals surface area contributed by atoms with Crippen molar-refractivity contribution < 1.29 is 0 Å². The minimum Gasteiger partial charge on any atom is -0.323 e. The fourth-order valence-electron chi connectivity index (χ4n) is 3.82. The fraction of sp³-hybridized carbons (Fsp3) is 0.250. The van der Waals surface area contributed by atoms with Gasteiger partial charge >= 0.3 is 0 Å². The largest absolute Gasteiger partial charge is 0.323 e. The van der Waals surface area contributed by atoms with Crippen molar-refractivity contribution in [1.82, 2.24) is 19.4 Å². The van der Waals surface area contributed by atoms with Crippen LogP contribution in [0.5, 0.6) is 0 Å². The van der Waals surface area contributed by atoms with Crippen molar-refractivity contribution in [3.8, 4) is 0 Å². The van der Waals surface area contributed by atoms with Gasteiger partial charge < -0.3 is 19.8 Å². The van der Waals surface area contributed by atoms with Crippen LogP contribution in [0.3, 0.4) is 0 Å². The number of likely N-dealkylation sites (N-methyl/N-ethyl adjacent to an activating group) is 1. The predicted octanol–water partition coefficient (Wildman–Crippen LogP) is 5.82. The number of rotatable bonds is 7. The molecule has 0 aliphatic carbocycles. The molecule has 0 bridgehead atoms. The van der Waals surface area contributed by atoms with Crippen LogP contribution in [0.1, 0.15) is 19.5 Å². The van der Waals surface area contributed by atoms with Crippen molar-refractivity contribution in [1.29, 1.82) is 0 Å². The number of benzene rings is 2. The number of aromatic amines is 1. The maximum Gasteiger partial charge on any atom is 0.258 e. The second-order valence-corrected chi connectivity index (χ2v) is 8.37. The average molecular weight is 470 g/mol. The topological polar surface area (TPSA) is 66.0 Å². The van der Waals surface area contributed by atoms with Crippen LogP contribution >= 0.6 is 23.2 Å². The molecule has 4 aromatic rings. The summed E-state index contributed by atoms with van der Waals surface area (Å²) in [6.07, 6.45) is 4.03. The number of imidazole rings is 1. The summed E-state index contributed by atoms with van der Waals surface area (Å²) in [4.78, 5) is 23.0. The molecule has 6 nitrogen and oxygen atoms in total. The van der Waals surface area contributed by atoms with Gasteiger partial charge in [0, 0.05) is 19.3 Å². The second kappa shape index (κ2) is 9.36. The lowest BCUT2D eigenvalue weighted by atomic mass is 10.1. The summed E-state index contributed by atoms with van der Waals surface area (Å²) in [5.41, 5.74) is 2.65. The molecule has 0 spiro atoms. The summed E-state index contributed by atoms with van der Waals surface area (Å²) < 4.78 is 1.85. The summed E-state index contributed by atoms with van der Waals surface area (Å²) in [6.45, 7) is 7.09. The average Bonchev–Trinajstić information content (AvgIpc) is 3.09. The van der Waals surface area contributed by atoms with E-state index in [1.54, 1.807) is 18.2 Å². The van der Waals surface area contributed by atoms with Crippen LogP contribution in [-0.4, -0.2) is 39.1 Å². The van der Waals surface area contributed by atoms with Crippen LogP contribution < -0.4 is 10.9 Å². The standard InChI is InChI=1S/C24H25Cl2N5O/c1-4-31(5-2)13-7-8-16-14-15-11-12-19-22(20(15)23(32)27-16)30(3)24(28-19)29-21-17(25)9-6-10-18(21)26/h6-12,14H,4-5,13H2,1-3H3,(H,27,32)(H,28,29)/b8-7+. The molecule has 2 N–H and O–H groups in total. The number of para-hydroxylation sites is 1. The Balaban J connectivity index is 1.75. The first-order valence-electron chi connectivity index (χ1n) is 10.5. The Morgan fingerprint density at radius 3 is 2.56 bits per heavy atom. The smallest absolute Gasteiger partial charge is 0.258 e. The van der Waals surface area contributed by atoms with E-state index in [2.05, 4.69) is 40.1 Å². The van der Waals surface area contributed by atoms with Crippen molar-refractivity contribution in [2.45, 2.75) is 13.8 Å². The minimum atomic E-state index is -0.152. The molecular weight excluding hydrogens is 445 g/mol. The van der Waals surface area contributed by atoms with Gasteiger partial charge in [-0.3, -0.25) is 4.79 Å². The molecule has 0 fully saturated rings. The highest BCUT2D eigenvalue weighted by molar-refractivity contribution is 6.39. The molecule has 32 heavy (non-hydrogen) atoms. The van der Waals surface area contributed by atoms with Gasteiger partial charge in [-0.1, -0.05) is 55.3 Å². The molecule has 0 atom stereocenters. The highest BCUT2D eigenvalue weighted by Gasteiger charge is 2.16. The Bertz CT molecular complexity index is 1350. The Morgan fingerprint density at radius 2 is 1.88 bits per heavy atom. The van der Waals surface area contributed by atoms with Gasteiger partial charge in [-0.2, -0.15) is 0 Å². The van der Waals surface area contributed by atoms with Gasteiger partial charge in [0.25, 0.3) is 5.56 Å². The number of aryl methyl sites for hydroxylation is 1. The highest BCUT2D eigenvalue weighted by atomic mass is 35.5. The number of anilines is 2. The third-order valence-corrected chi connectivity index (χ3v) is 6.25. The van der Waals surface area contributed by atoms with Crippen LogP contribution in [-0.2, 0) is 7.05 Å². The molecule has 166 valence electrons. The van der Waals surface area contributed by atoms with Crippen LogP contribution in [0.25, 0.3) is 27.9 Å². The minimum absolute atomic E-state index is 0.152. The maximum absolute atomic E-state index is 13.0. The first-order valence-corrected chi connectivity index (χ1v) is 11.3. The lowest BCUT2D eigenvalue weighted by molar-refractivity contribution is 0.338. The maximum atomic E-state index is 13.0. The summed E-state index contributed by atoms with van der Waals surface area (Å²) in [5, 5.41) is 5.64. The van der Waals surface area contributed by atoms with Gasteiger partial charge in [0.1, 0.15) is 0 Å². The zero-order valence-corrected chi connectivity index (χ0v) is 19.8. The Morgan fingerprint density at radius 1 is 1.16 bits per heavy atom. The normalized spacial score (nSPS) is 11.9. The van der Waals surface area contributed by atoms with Crippen molar-refractivity contribution >= 4 is 62.7 Å². The van der Waals surface area contributed by atoms with Gasteiger partial charge in [-0.15, -0.1) is 0 Å². The van der Waals surface area contributed by atoms with Gasteiger partial charge in [0.05, 0.1) is 32.2 Å². The van der Waals surface area contributed by atoms with Gasteiger partial charge in [0.2, 0.25) is 5.95 Å². The molecule has 2 aromatic heterocycles. The summed E-state index contributed by atoms with van der Waals surface area (Å²) in [7, 11) is 1.86. The zero-order valence-electron chi connectivity index (χ0n) is 18.2.